The van der Waals surface area contributed by atoms with Crippen LogP contribution in [-0.4, -0.2) is 18.9 Å². The molecule has 33 heavy (non-hydrogen) atoms. The largest absolute Gasteiger partial charge is 0.497 e. The average Bonchev–Trinajstić information content (AvgIpc) is 3.09. The lowest BCUT2D eigenvalue weighted by atomic mass is 9.86. The molecule has 0 aliphatic carbocycles. The third-order valence-electron chi connectivity index (χ3n) is 5.55. The molecule has 0 saturated carbocycles. The van der Waals surface area contributed by atoms with Gasteiger partial charge in [0, 0.05) is 6.07 Å². The summed E-state index contributed by atoms with van der Waals surface area (Å²) in [6.07, 6.45) is 1.73. The van der Waals surface area contributed by atoms with Crippen molar-refractivity contribution in [1.29, 1.82) is 0 Å². The highest BCUT2D eigenvalue weighted by Gasteiger charge is 2.30. The van der Waals surface area contributed by atoms with E-state index in [4.69, 9.17) is 14.2 Å². The van der Waals surface area contributed by atoms with Gasteiger partial charge in [-0.15, -0.1) is 0 Å². The molecule has 1 aliphatic rings. The maximum absolute atomic E-state index is 13.0. The standard InChI is InChI=1S/C28H26O5/c1-17-14-22(32-27(30)19-8-12-21(31-5)13-9-19)16-23-25(17)26(29)24(33-23)15-18-6-10-20(11-7-18)28(2,3)4/h6-16H,1-5H3/b24-15-. The van der Waals surface area contributed by atoms with Crippen molar-refractivity contribution in [2.75, 3.05) is 7.11 Å². The lowest BCUT2D eigenvalue weighted by molar-refractivity contribution is 0.0734. The fourth-order valence-corrected chi connectivity index (χ4v) is 3.66. The van der Waals surface area contributed by atoms with E-state index < -0.39 is 5.97 Å². The number of carbonyl (C=O) groups is 2. The number of Topliss-reactive ketones (excluding diaryl/α,β-unsaturated/α-hetero) is 1. The van der Waals surface area contributed by atoms with Crippen molar-refractivity contribution in [1.82, 2.24) is 0 Å². The van der Waals surface area contributed by atoms with Crippen molar-refractivity contribution in [3.63, 3.8) is 0 Å². The van der Waals surface area contributed by atoms with Gasteiger partial charge in [0.2, 0.25) is 5.78 Å². The van der Waals surface area contributed by atoms with Crippen LogP contribution in [0.4, 0.5) is 0 Å². The lowest BCUT2D eigenvalue weighted by Gasteiger charge is -2.18. The third kappa shape index (κ3) is 4.67. The molecule has 1 aliphatic heterocycles. The smallest absolute Gasteiger partial charge is 0.343 e. The van der Waals surface area contributed by atoms with E-state index in [0.717, 1.165) is 5.56 Å². The zero-order valence-corrected chi connectivity index (χ0v) is 19.4. The molecule has 0 radical (unpaired) electrons. The number of carbonyl (C=O) groups excluding carboxylic acids is 2. The van der Waals surface area contributed by atoms with E-state index in [0.29, 0.717) is 33.9 Å². The molecular weight excluding hydrogens is 416 g/mol. The van der Waals surface area contributed by atoms with Crippen LogP contribution >= 0.6 is 0 Å². The van der Waals surface area contributed by atoms with E-state index in [-0.39, 0.29) is 17.0 Å². The third-order valence-corrected chi connectivity index (χ3v) is 5.55. The van der Waals surface area contributed by atoms with Crippen LogP contribution in [0.3, 0.4) is 0 Å². The second-order valence-electron chi connectivity index (χ2n) is 9.04. The summed E-state index contributed by atoms with van der Waals surface area (Å²) >= 11 is 0. The number of ketones is 1. The topological polar surface area (TPSA) is 61.8 Å². The van der Waals surface area contributed by atoms with Gasteiger partial charge < -0.3 is 14.2 Å². The molecule has 3 aromatic rings. The van der Waals surface area contributed by atoms with Gasteiger partial charge in [0.1, 0.15) is 17.2 Å². The summed E-state index contributed by atoms with van der Waals surface area (Å²) in [5.41, 5.74) is 3.70. The van der Waals surface area contributed by atoms with Crippen molar-refractivity contribution < 1.29 is 23.8 Å². The van der Waals surface area contributed by atoms with Gasteiger partial charge >= 0.3 is 5.97 Å². The monoisotopic (exact) mass is 442 g/mol. The second kappa shape index (κ2) is 8.58. The van der Waals surface area contributed by atoms with Crippen molar-refractivity contribution in [3.05, 3.63) is 94.2 Å². The SMILES string of the molecule is COc1ccc(C(=O)Oc2cc(C)c3c(c2)O/C(=C\c2ccc(C(C)(C)C)cc2)C3=O)cc1. The van der Waals surface area contributed by atoms with Crippen LogP contribution in [0.2, 0.25) is 0 Å². The minimum absolute atomic E-state index is 0.0539. The Balaban J connectivity index is 1.55. The maximum Gasteiger partial charge on any atom is 0.343 e. The summed E-state index contributed by atoms with van der Waals surface area (Å²) in [4.78, 5) is 25.5. The average molecular weight is 443 g/mol. The van der Waals surface area contributed by atoms with E-state index >= 15 is 0 Å². The molecule has 0 fully saturated rings. The van der Waals surface area contributed by atoms with Crippen LogP contribution in [0.5, 0.6) is 17.2 Å². The predicted octanol–water partition coefficient (Wildman–Crippen LogP) is 6.14. The molecule has 0 saturated heterocycles. The Kier molecular flexibility index (Phi) is 5.81. The molecule has 0 unspecified atom stereocenters. The molecule has 0 aromatic heterocycles. The van der Waals surface area contributed by atoms with Gasteiger partial charge in [0.15, 0.2) is 5.76 Å². The number of allylic oxidation sites excluding steroid dienone is 1. The fraction of sp³-hybridized carbons (Fsp3) is 0.214. The Labute approximate surface area is 193 Å². The normalized spacial score (nSPS) is 14.1. The highest BCUT2D eigenvalue weighted by Crippen LogP contribution is 2.38. The Bertz CT molecular complexity index is 1240. The molecule has 4 rings (SSSR count). The van der Waals surface area contributed by atoms with Crippen LogP contribution in [0, 0.1) is 6.92 Å². The first-order valence-corrected chi connectivity index (χ1v) is 10.7. The minimum Gasteiger partial charge on any atom is -0.497 e. The summed E-state index contributed by atoms with van der Waals surface area (Å²) in [6.45, 7) is 8.26. The molecular formula is C28H26O5. The first-order valence-electron chi connectivity index (χ1n) is 10.7. The Morgan fingerprint density at radius 2 is 1.61 bits per heavy atom. The van der Waals surface area contributed by atoms with Crippen LogP contribution in [-0.2, 0) is 5.41 Å². The first-order chi connectivity index (χ1) is 15.7. The maximum atomic E-state index is 13.0. The fourth-order valence-electron chi connectivity index (χ4n) is 3.66. The Morgan fingerprint density at radius 1 is 0.939 bits per heavy atom. The molecule has 3 aromatic carbocycles. The number of aryl methyl sites for hydroxylation is 1. The van der Waals surface area contributed by atoms with Crippen LogP contribution in [0.1, 0.15) is 58.2 Å². The second-order valence-corrected chi connectivity index (χ2v) is 9.04. The van der Waals surface area contributed by atoms with Gasteiger partial charge in [0.25, 0.3) is 0 Å². The number of hydrogen-bond donors (Lipinski definition) is 0. The Morgan fingerprint density at radius 3 is 2.21 bits per heavy atom. The van der Waals surface area contributed by atoms with Crippen molar-refractivity contribution in [2.24, 2.45) is 0 Å². The number of esters is 1. The van der Waals surface area contributed by atoms with E-state index in [1.807, 2.05) is 12.1 Å². The first kappa shape index (κ1) is 22.3. The molecule has 5 nitrogen and oxygen atoms in total. The van der Waals surface area contributed by atoms with E-state index in [1.54, 1.807) is 56.5 Å². The number of hydrogen-bond acceptors (Lipinski definition) is 5. The molecule has 0 amide bonds. The van der Waals surface area contributed by atoms with Gasteiger partial charge in [-0.25, -0.2) is 4.79 Å². The highest BCUT2D eigenvalue weighted by molar-refractivity contribution is 6.15. The van der Waals surface area contributed by atoms with Gasteiger partial charge in [-0.05, 0) is 65.4 Å². The summed E-state index contributed by atoms with van der Waals surface area (Å²) in [6, 6.07) is 18.0. The number of fused-ring (bicyclic) bond motifs is 1. The summed E-state index contributed by atoms with van der Waals surface area (Å²) in [5.74, 6) is 0.909. The molecule has 168 valence electrons. The van der Waals surface area contributed by atoms with Crippen molar-refractivity contribution >= 4 is 17.8 Å². The number of rotatable bonds is 4. The molecule has 5 heteroatoms. The molecule has 0 N–H and O–H groups in total. The van der Waals surface area contributed by atoms with Gasteiger partial charge in [-0.2, -0.15) is 0 Å². The number of ether oxygens (including phenoxy) is 3. The van der Waals surface area contributed by atoms with Gasteiger partial charge in [-0.1, -0.05) is 45.0 Å². The zero-order valence-electron chi connectivity index (χ0n) is 19.4. The van der Waals surface area contributed by atoms with Crippen LogP contribution < -0.4 is 14.2 Å². The molecule has 0 bridgehead atoms. The summed E-state index contributed by atoms with van der Waals surface area (Å²) in [5, 5.41) is 0. The number of methoxy groups -OCH3 is 1. The van der Waals surface area contributed by atoms with E-state index in [1.165, 1.54) is 5.56 Å². The highest BCUT2D eigenvalue weighted by atomic mass is 16.5. The number of benzene rings is 3. The molecule has 1 heterocycles. The lowest BCUT2D eigenvalue weighted by Crippen LogP contribution is -2.10. The quantitative estimate of drug-likeness (QED) is 0.276. The minimum atomic E-state index is -0.504. The van der Waals surface area contributed by atoms with E-state index in [9.17, 15) is 9.59 Å². The van der Waals surface area contributed by atoms with E-state index in [2.05, 4.69) is 32.9 Å². The van der Waals surface area contributed by atoms with Gasteiger partial charge in [0.05, 0.1) is 18.2 Å². The Hall–Kier alpha value is -3.86. The van der Waals surface area contributed by atoms with Crippen LogP contribution in [0.25, 0.3) is 6.08 Å². The summed E-state index contributed by atoms with van der Waals surface area (Å²) < 4.78 is 16.5. The van der Waals surface area contributed by atoms with Crippen molar-refractivity contribution in [2.45, 2.75) is 33.1 Å². The van der Waals surface area contributed by atoms with Gasteiger partial charge in [-0.3, -0.25) is 4.79 Å². The molecule has 0 atom stereocenters. The van der Waals surface area contributed by atoms with Crippen LogP contribution in [0.15, 0.2) is 66.4 Å². The zero-order chi connectivity index (χ0) is 23.8. The molecule has 0 spiro atoms. The summed E-state index contributed by atoms with van der Waals surface area (Å²) in [7, 11) is 1.56. The predicted molar refractivity (Wildman–Crippen MR) is 127 cm³/mol. The van der Waals surface area contributed by atoms with Crippen molar-refractivity contribution in [3.8, 4) is 17.2 Å².